The van der Waals surface area contributed by atoms with Gasteiger partial charge in [-0.3, -0.25) is 4.90 Å². The number of nitrogens with one attached hydrogen (secondary N) is 1. The zero-order chi connectivity index (χ0) is 22.3. The van der Waals surface area contributed by atoms with Gasteiger partial charge in [0.15, 0.2) is 12.2 Å². The lowest BCUT2D eigenvalue weighted by molar-refractivity contribution is 0.256. The van der Waals surface area contributed by atoms with Crippen molar-refractivity contribution in [1.82, 2.24) is 10.3 Å². The molecule has 2 aromatic carbocycles. The average Bonchev–Trinajstić information content (AvgIpc) is 3.35. The summed E-state index contributed by atoms with van der Waals surface area (Å²) in [7, 11) is 0. The highest BCUT2D eigenvalue weighted by Crippen LogP contribution is 2.31. The van der Waals surface area contributed by atoms with Gasteiger partial charge in [0.1, 0.15) is 0 Å². The Labute approximate surface area is 189 Å². The molecule has 0 saturated heterocycles. The molecule has 32 heavy (non-hydrogen) atoms. The summed E-state index contributed by atoms with van der Waals surface area (Å²) in [6.07, 6.45) is 11.1. The van der Waals surface area contributed by atoms with Gasteiger partial charge >= 0.3 is 6.03 Å². The third-order valence-electron chi connectivity index (χ3n) is 6.35. The van der Waals surface area contributed by atoms with Crippen LogP contribution in [0.5, 0.6) is 0 Å². The minimum absolute atomic E-state index is 0.425. The van der Waals surface area contributed by atoms with E-state index in [9.17, 15) is 4.79 Å². The van der Waals surface area contributed by atoms with E-state index in [1.807, 2.05) is 42.5 Å². The fourth-order valence-corrected chi connectivity index (χ4v) is 4.69. The van der Waals surface area contributed by atoms with Crippen LogP contribution in [-0.4, -0.2) is 17.1 Å². The Morgan fingerprint density at radius 3 is 2.59 bits per heavy atom. The van der Waals surface area contributed by atoms with Crippen LogP contribution in [-0.2, 0) is 6.54 Å². The molecule has 0 radical (unpaired) electrons. The molecule has 1 saturated carbocycles. The number of urea groups is 1. The summed E-state index contributed by atoms with van der Waals surface area (Å²) in [5, 5.41) is 3.66. The van der Waals surface area contributed by atoms with Crippen LogP contribution in [0.1, 0.15) is 51.0 Å². The maximum absolute atomic E-state index is 12.5. The second kappa shape index (κ2) is 10.5. The molecule has 1 heterocycles. The van der Waals surface area contributed by atoms with E-state index in [1.165, 1.54) is 44.9 Å². The third-order valence-corrected chi connectivity index (χ3v) is 6.35. The van der Waals surface area contributed by atoms with E-state index in [2.05, 4.69) is 23.3 Å². The first-order valence-corrected chi connectivity index (χ1v) is 11.5. The SMILES string of the molecule is C[C@@H](CC1CCCCC1)NCc1ccccc1N(C(N)=O)c1ccc(-c2cnco2)cc1. The second-order valence-electron chi connectivity index (χ2n) is 8.74. The normalized spacial score (nSPS) is 15.4. The highest BCUT2D eigenvalue weighted by atomic mass is 16.3. The van der Waals surface area contributed by atoms with E-state index in [-0.39, 0.29) is 0 Å². The van der Waals surface area contributed by atoms with Gasteiger partial charge in [0.2, 0.25) is 0 Å². The van der Waals surface area contributed by atoms with E-state index in [4.69, 9.17) is 10.2 Å². The Morgan fingerprint density at radius 2 is 1.91 bits per heavy atom. The largest absolute Gasteiger partial charge is 0.444 e. The summed E-state index contributed by atoms with van der Waals surface area (Å²) in [6, 6.07) is 15.4. The van der Waals surface area contributed by atoms with Crippen molar-refractivity contribution in [2.24, 2.45) is 11.7 Å². The van der Waals surface area contributed by atoms with Gasteiger partial charge in [0.25, 0.3) is 0 Å². The topological polar surface area (TPSA) is 84.4 Å². The maximum atomic E-state index is 12.5. The third kappa shape index (κ3) is 5.37. The number of carbonyl (C=O) groups excluding carboxylic acids is 1. The quantitative estimate of drug-likeness (QED) is 0.457. The minimum Gasteiger partial charge on any atom is -0.444 e. The number of aromatic nitrogens is 1. The van der Waals surface area contributed by atoms with E-state index in [0.717, 1.165) is 22.7 Å². The second-order valence-corrected chi connectivity index (χ2v) is 8.74. The lowest BCUT2D eigenvalue weighted by atomic mass is 9.85. The molecule has 1 aliphatic rings. The molecular formula is C26H32N4O2. The van der Waals surface area contributed by atoms with Gasteiger partial charge in [-0.25, -0.2) is 9.78 Å². The van der Waals surface area contributed by atoms with Crippen molar-refractivity contribution >= 4 is 17.4 Å². The van der Waals surface area contributed by atoms with Crippen LogP contribution in [0.2, 0.25) is 0 Å². The Balaban J connectivity index is 1.49. The predicted molar refractivity (Wildman–Crippen MR) is 128 cm³/mol. The molecule has 6 heteroatoms. The molecule has 1 fully saturated rings. The number of hydrogen-bond donors (Lipinski definition) is 2. The van der Waals surface area contributed by atoms with Crippen LogP contribution < -0.4 is 16.0 Å². The van der Waals surface area contributed by atoms with Crippen LogP contribution in [0.3, 0.4) is 0 Å². The molecule has 0 spiro atoms. The molecule has 3 aromatic rings. The van der Waals surface area contributed by atoms with E-state index in [0.29, 0.717) is 24.0 Å². The number of nitrogens with zero attached hydrogens (tertiary/aromatic N) is 2. The monoisotopic (exact) mass is 432 g/mol. The van der Waals surface area contributed by atoms with Gasteiger partial charge < -0.3 is 15.5 Å². The van der Waals surface area contributed by atoms with Crippen LogP contribution >= 0.6 is 0 Å². The smallest absolute Gasteiger partial charge is 0.323 e. The number of anilines is 2. The highest BCUT2D eigenvalue weighted by molar-refractivity contribution is 5.99. The number of amides is 2. The molecule has 1 atom stereocenters. The summed E-state index contributed by atoms with van der Waals surface area (Å²) in [5.41, 5.74) is 9.26. The molecule has 4 rings (SSSR count). The molecular weight excluding hydrogens is 400 g/mol. The van der Waals surface area contributed by atoms with E-state index >= 15 is 0 Å². The lowest BCUT2D eigenvalue weighted by Crippen LogP contribution is -2.33. The first-order valence-electron chi connectivity index (χ1n) is 11.5. The van der Waals surface area contributed by atoms with Gasteiger partial charge in [0, 0.05) is 18.2 Å². The minimum atomic E-state index is -0.514. The number of hydrogen-bond acceptors (Lipinski definition) is 4. The van der Waals surface area contributed by atoms with Crippen LogP contribution in [0.15, 0.2) is 65.5 Å². The van der Waals surface area contributed by atoms with Crippen molar-refractivity contribution in [3.63, 3.8) is 0 Å². The maximum Gasteiger partial charge on any atom is 0.323 e. The number of para-hydroxylation sites is 1. The number of benzene rings is 2. The van der Waals surface area contributed by atoms with Gasteiger partial charge in [0.05, 0.1) is 17.6 Å². The molecule has 0 unspecified atom stereocenters. The van der Waals surface area contributed by atoms with E-state index < -0.39 is 6.03 Å². The summed E-state index contributed by atoms with van der Waals surface area (Å²) < 4.78 is 5.36. The Bertz CT molecular complexity index is 995. The molecule has 0 aliphatic heterocycles. The first-order chi connectivity index (χ1) is 15.6. The molecule has 168 valence electrons. The molecule has 6 nitrogen and oxygen atoms in total. The van der Waals surface area contributed by atoms with Crippen molar-refractivity contribution in [3.05, 3.63) is 66.7 Å². The molecule has 2 amide bonds. The first kappa shape index (κ1) is 22.1. The fourth-order valence-electron chi connectivity index (χ4n) is 4.69. The van der Waals surface area contributed by atoms with Crippen molar-refractivity contribution in [2.75, 3.05) is 4.90 Å². The van der Waals surface area contributed by atoms with Crippen LogP contribution in [0, 0.1) is 5.92 Å². The molecule has 1 aliphatic carbocycles. The van der Waals surface area contributed by atoms with Gasteiger partial charge in [-0.05, 0) is 55.2 Å². The van der Waals surface area contributed by atoms with Gasteiger partial charge in [-0.1, -0.05) is 50.3 Å². The zero-order valence-corrected chi connectivity index (χ0v) is 18.7. The number of primary amides is 1. The molecule has 3 N–H and O–H groups in total. The summed E-state index contributed by atoms with van der Waals surface area (Å²) in [5.74, 6) is 1.50. The van der Waals surface area contributed by atoms with Crippen molar-refractivity contribution in [3.8, 4) is 11.3 Å². The van der Waals surface area contributed by atoms with Crippen LogP contribution in [0.4, 0.5) is 16.2 Å². The number of rotatable bonds is 8. The Morgan fingerprint density at radius 1 is 1.16 bits per heavy atom. The van der Waals surface area contributed by atoms with Gasteiger partial charge in [-0.2, -0.15) is 0 Å². The van der Waals surface area contributed by atoms with Crippen molar-refractivity contribution in [1.29, 1.82) is 0 Å². The van der Waals surface area contributed by atoms with Gasteiger partial charge in [-0.15, -0.1) is 0 Å². The fraction of sp³-hybridized carbons (Fsp3) is 0.385. The molecule has 0 bridgehead atoms. The predicted octanol–water partition coefficient (Wildman–Crippen LogP) is 6.01. The standard InChI is InChI=1S/C26H32N4O2/c1-19(15-20-7-3-2-4-8-20)29-16-22-9-5-6-10-24(22)30(26(27)31)23-13-11-21(12-14-23)25-17-28-18-32-25/h5-6,9-14,17-20,29H,2-4,7-8,15-16H2,1H3,(H2,27,31)/t19-/m0/s1. The van der Waals surface area contributed by atoms with Crippen molar-refractivity contribution < 1.29 is 9.21 Å². The summed E-state index contributed by atoms with van der Waals surface area (Å²) in [4.78, 5) is 18.0. The summed E-state index contributed by atoms with van der Waals surface area (Å²) in [6.45, 7) is 2.94. The van der Waals surface area contributed by atoms with E-state index in [1.54, 1.807) is 11.1 Å². The number of oxazole rings is 1. The van der Waals surface area contributed by atoms with Crippen LogP contribution in [0.25, 0.3) is 11.3 Å². The zero-order valence-electron chi connectivity index (χ0n) is 18.7. The van der Waals surface area contributed by atoms with Crippen molar-refractivity contribution in [2.45, 2.75) is 58.0 Å². The average molecular weight is 433 g/mol. The molecule has 1 aromatic heterocycles. The highest BCUT2D eigenvalue weighted by Gasteiger charge is 2.20. The lowest BCUT2D eigenvalue weighted by Gasteiger charge is -2.27. The Hall–Kier alpha value is -3.12. The Kier molecular flexibility index (Phi) is 7.22. The number of carbonyl (C=O) groups is 1. The number of nitrogens with two attached hydrogens (primary N) is 1. The summed E-state index contributed by atoms with van der Waals surface area (Å²) >= 11 is 0.